The lowest BCUT2D eigenvalue weighted by molar-refractivity contribution is 0.494. The summed E-state index contributed by atoms with van der Waals surface area (Å²) in [5.74, 6) is 0.0201. The number of hydrogen-bond acceptors (Lipinski definition) is 4. The van der Waals surface area contributed by atoms with Crippen LogP contribution in [0.15, 0.2) is 6.20 Å². The van der Waals surface area contributed by atoms with E-state index in [1.165, 1.54) is 10.9 Å². The first-order valence-corrected chi connectivity index (χ1v) is 6.37. The number of nitriles is 1. The summed E-state index contributed by atoms with van der Waals surface area (Å²) >= 11 is 0. The second kappa shape index (κ2) is 4.35. The monoisotopic (exact) mass is 257 g/mol. The molecule has 0 fully saturated rings. The van der Waals surface area contributed by atoms with Crippen molar-refractivity contribution in [1.29, 1.82) is 5.26 Å². The number of rotatable bonds is 3. The number of nitrogens with zero attached hydrogens (tertiary/aromatic N) is 3. The summed E-state index contributed by atoms with van der Waals surface area (Å²) < 4.78 is 29.4. The van der Waals surface area contributed by atoms with Gasteiger partial charge in [0.15, 0.2) is 5.82 Å². The molecule has 2 N–H and O–H groups in total. The van der Waals surface area contributed by atoms with E-state index in [1.54, 1.807) is 27.8 Å². The van der Waals surface area contributed by atoms with Crippen LogP contribution in [0, 0.1) is 11.3 Å². The summed E-state index contributed by atoms with van der Waals surface area (Å²) in [6, 6.07) is 1.86. The SMILES string of the molecule is Cn1cc(C#N)c(NS(=O)(=O)NC(C)(C)C)n1. The molecule has 0 unspecified atom stereocenters. The van der Waals surface area contributed by atoms with Crippen LogP contribution in [0.25, 0.3) is 0 Å². The molecule has 0 aliphatic carbocycles. The Hall–Kier alpha value is -1.59. The van der Waals surface area contributed by atoms with Crippen LogP contribution < -0.4 is 9.44 Å². The minimum absolute atomic E-state index is 0.0201. The van der Waals surface area contributed by atoms with Gasteiger partial charge in [-0.1, -0.05) is 0 Å². The van der Waals surface area contributed by atoms with Gasteiger partial charge in [0.1, 0.15) is 11.6 Å². The second-order valence-electron chi connectivity index (χ2n) is 4.63. The first-order chi connectivity index (χ1) is 7.63. The standard InChI is InChI=1S/C9H15N5O2S/c1-9(2,3)13-17(15,16)12-8-7(5-10)6-14(4)11-8/h6,13H,1-4H3,(H,11,12). The van der Waals surface area contributed by atoms with E-state index in [4.69, 9.17) is 5.26 Å². The predicted molar refractivity (Wildman–Crippen MR) is 63.4 cm³/mol. The summed E-state index contributed by atoms with van der Waals surface area (Å²) in [5, 5.41) is 12.7. The highest BCUT2D eigenvalue weighted by atomic mass is 32.2. The molecule has 1 heterocycles. The molecule has 0 aromatic carbocycles. The summed E-state index contributed by atoms with van der Waals surface area (Å²) in [6.45, 7) is 5.15. The van der Waals surface area contributed by atoms with Gasteiger partial charge in [-0.3, -0.25) is 9.40 Å². The second-order valence-corrected chi connectivity index (χ2v) is 6.05. The zero-order valence-electron chi connectivity index (χ0n) is 10.1. The number of nitrogens with one attached hydrogen (secondary N) is 2. The molecular formula is C9H15N5O2S. The van der Waals surface area contributed by atoms with E-state index in [1.807, 2.05) is 6.07 Å². The van der Waals surface area contributed by atoms with Gasteiger partial charge in [-0.15, -0.1) is 0 Å². The van der Waals surface area contributed by atoms with Crippen LogP contribution in [-0.2, 0) is 17.3 Å². The Morgan fingerprint density at radius 2 is 2.06 bits per heavy atom. The number of hydrogen-bond donors (Lipinski definition) is 2. The van der Waals surface area contributed by atoms with Crippen molar-refractivity contribution in [3.05, 3.63) is 11.8 Å². The maximum atomic E-state index is 11.7. The lowest BCUT2D eigenvalue weighted by atomic mass is 10.1. The fourth-order valence-electron chi connectivity index (χ4n) is 1.20. The van der Waals surface area contributed by atoms with Crippen LogP contribution in [0.3, 0.4) is 0 Å². The molecule has 7 nitrogen and oxygen atoms in total. The third-order valence-electron chi connectivity index (χ3n) is 1.62. The molecule has 0 aliphatic heterocycles. The zero-order valence-corrected chi connectivity index (χ0v) is 11.0. The largest absolute Gasteiger partial charge is 0.300 e. The van der Waals surface area contributed by atoms with Crippen molar-refractivity contribution in [3.63, 3.8) is 0 Å². The Labute approximate surface area is 101 Å². The highest BCUT2D eigenvalue weighted by Gasteiger charge is 2.21. The van der Waals surface area contributed by atoms with E-state index in [0.29, 0.717) is 0 Å². The lowest BCUT2D eigenvalue weighted by Gasteiger charge is -2.20. The zero-order chi connectivity index (χ0) is 13.3. The van der Waals surface area contributed by atoms with Crippen molar-refractivity contribution in [3.8, 4) is 6.07 Å². The van der Waals surface area contributed by atoms with E-state index in [2.05, 4.69) is 14.5 Å². The average Bonchev–Trinajstić information content (AvgIpc) is 2.40. The minimum atomic E-state index is -3.74. The molecule has 0 saturated heterocycles. The third-order valence-corrected chi connectivity index (χ3v) is 2.96. The Morgan fingerprint density at radius 1 is 1.47 bits per heavy atom. The molecule has 17 heavy (non-hydrogen) atoms. The summed E-state index contributed by atoms with van der Waals surface area (Å²) in [7, 11) is -2.13. The van der Waals surface area contributed by atoms with Crippen molar-refractivity contribution in [2.24, 2.45) is 7.05 Å². The Morgan fingerprint density at radius 3 is 2.53 bits per heavy atom. The van der Waals surface area contributed by atoms with Gasteiger partial charge in [-0.05, 0) is 20.8 Å². The first-order valence-electron chi connectivity index (χ1n) is 4.88. The molecule has 8 heteroatoms. The van der Waals surface area contributed by atoms with Gasteiger partial charge in [0.05, 0.1) is 0 Å². The van der Waals surface area contributed by atoms with Gasteiger partial charge < -0.3 is 0 Å². The smallest absolute Gasteiger partial charge is 0.272 e. The third kappa shape index (κ3) is 4.05. The quantitative estimate of drug-likeness (QED) is 0.815. The number of aromatic nitrogens is 2. The highest BCUT2D eigenvalue weighted by molar-refractivity contribution is 7.90. The van der Waals surface area contributed by atoms with Gasteiger partial charge in [0, 0.05) is 18.8 Å². The van der Waals surface area contributed by atoms with Crippen LogP contribution in [0.5, 0.6) is 0 Å². The first kappa shape index (κ1) is 13.5. The maximum absolute atomic E-state index is 11.7. The molecule has 1 aromatic heterocycles. The van der Waals surface area contributed by atoms with E-state index < -0.39 is 15.7 Å². The Bertz CT molecular complexity index is 547. The van der Waals surface area contributed by atoms with Crippen molar-refractivity contribution in [2.45, 2.75) is 26.3 Å². The van der Waals surface area contributed by atoms with Crippen LogP contribution >= 0.6 is 0 Å². The fraction of sp³-hybridized carbons (Fsp3) is 0.556. The molecule has 0 saturated carbocycles. The maximum Gasteiger partial charge on any atom is 0.300 e. The van der Waals surface area contributed by atoms with Gasteiger partial charge in [0.25, 0.3) is 0 Å². The minimum Gasteiger partial charge on any atom is -0.272 e. The normalized spacial score (nSPS) is 12.2. The molecular weight excluding hydrogens is 242 g/mol. The van der Waals surface area contributed by atoms with Crippen molar-refractivity contribution in [1.82, 2.24) is 14.5 Å². The van der Waals surface area contributed by atoms with Crippen molar-refractivity contribution < 1.29 is 8.42 Å². The van der Waals surface area contributed by atoms with E-state index in [0.717, 1.165) is 0 Å². The van der Waals surface area contributed by atoms with Gasteiger partial charge in [-0.2, -0.15) is 23.5 Å². The Kier molecular flexibility index (Phi) is 3.45. The van der Waals surface area contributed by atoms with Crippen molar-refractivity contribution >= 4 is 16.0 Å². The highest BCUT2D eigenvalue weighted by Crippen LogP contribution is 2.13. The molecule has 0 atom stereocenters. The van der Waals surface area contributed by atoms with Gasteiger partial charge >= 0.3 is 10.2 Å². The molecule has 94 valence electrons. The molecule has 0 spiro atoms. The molecule has 1 rings (SSSR count). The molecule has 0 bridgehead atoms. The molecule has 0 aliphatic rings. The van der Waals surface area contributed by atoms with Crippen molar-refractivity contribution in [2.75, 3.05) is 4.72 Å². The van der Waals surface area contributed by atoms with E-state index in [-0.39, 0.29) is 11.4 Å². The summed E-state index contributed by atoms with van der Waals surface area (Å²) in [6.07, 6.45) is 1.44. The number of aryl methyl sites for hydroxylation is 1. The molecule has 0 amide bonds. The topological polar surface area (TPSA) is 99.8 Å². The molecule has 1 aromatic rings. The van der Waals surface area contributed by atoms with Gasteiger partial charge in [-0.25, -0.2) is 0 Å². The van der Waals surface area contributed by atoms with Crippen LogP contribution in [0.4, 0.5) is 5.82 Å². The lowest BCUT2D eigenvalue weighted by Crippen LogP contribution is -2.43. The van der Waals surface area contributed by atoms with Gasteiger partial charge in [0.2, 0.25) is 0 Å². The molecule has 0 radical (unpaired) electrons. The van der Waals surface area contributed by atoms with Crippen LogP contribution in [-0.4, -0.2) is 23.7 Å². The van der Waals surface area contributed by atoms with E-state index >= 15 is 0 Å². The number of anilines is 1. The predicted octanol–water partition coefficient (Wildman–Crippen LogP) is 0.337. The van der Waals surface area contributed by atoms with E-state index in [9.17, 15) is 8.42 Å². The Balaban J connectivity index is 2.95. The van der Waals surface area contributed by atoms with Crippen LogP contribution in [0.2, 0.25) is 0 Å². The average molecular weight is 257 g/mol. The van der Waals surface area contributed by atoms with Crippen LogP contribution in [0.1, 0.15) is 26.3 Å². The summed E-state index contributed by atoms with van der Waals surface area (Å²) in [5.41, 5.74) is -0.431. The summed E-state index contributed by atoms with van der Waals surface area (Å²) in [4.78, 5) is 0. The fourth-order valence-corrected chi connectivity index (χ4v) is 2.46.